The fourth-order valence-corrected chi connectivity index (χ4v) is 5.07. The van der Waals surface area contributed by atoms with E-state index in [1.54, 1.807) is 45.7 Å². The van der Waals surface area contributed by atoms with Crippen LogP contribution in [0.5, 0.6) is 0 Å². The van der Waals surface area contributed by atoms with E-state index in [0.29, 0.717) is 61.0 Å². The topological polar surface area (TPSA) is 127 Å². The maximum Gasteiger partial charge on any atom is 0.282 e. The number of aryl methyl sites for hydroxylation is 1. The van der Waals surface area contributed by atoms with E-state index in [1.165, 1.54) is 17.1 Å². The van der Waals surface area contributed by atoms with Gasteiger partial charge in [-0.3, -0.25) is 18.7 Å². The van der Waals surface area contributed by atoms with E-state index in [0.717, 1.165) is 5.56 Å². The van der Waals surface area contributed by atoms with Crippen molar-refractivity contribution in [1.82, 2.24) is 33.9 Å². The summed E-state index contributed by atoms with van der Waals surface area (Å²) in [5, 5.41) is 7.20. The Balaban J connectivity index is 1.37. The molecule has 0 radical (unpaired) electrons. The number of anilines is 2. The van der Waals surface area contributed by atoms with Gasteiger partial charge in [-0.05, 0) is 37.1 Å². The van der Waals surface area contributed by atoms with E-state index < -0.39 is 12.5 Å². The summed E-state index contributed by atoms with van der Waals surface area (Å²) in [5.74, 6) is 2.60. The molecular weight excluding hydrogens is 544 g/mol. The van der Waals surface area contributed by atoms with Crippen LogP contribution in [0.2, 0.25) is 0 Å². The quantitative estimate of drug-likeness (QED) is 0.309. The first-order valence-corrected chi connectivity index (χ1v) is 13.6. The Kier molecular flexibility index (Phi) is 8.17. The summed E-state index contributed by atoms with van der Waals surface area (Å²) in [7, 11) is 0. The van der Waals surface area contributed by atoms with Crippen LogP contribution in [-0.2, 0) is 17.8 Å². The molecule has 1 saturated heterocycles. The summed E-state index contributed by atoms with van der Waals surface area (Å²) in [4.78, 5) is 37.9. The predicted octanol–water partition coefficient (Wildman–Crippen LogP) is 3.10. The zero-order chi connectivity index (χ0) is 30.0. The number of alkyl halides is 2. The molecule has 1 aliphatic heterocycles. The molecular formula is C29H31F2N9O2. The summed E-state index contributed by atoms with van der Waals surface area (Å²) in [6.45, 7) is 5.44. The number of halogens is 2. The summed E-state index contributed by atoms with van der Waals surface area (Å²) in [5.41, 5.74) is 8.54. The molecule has 0 saturated carbocycles. The van der Waals surface area contributed by atoms with Crippen molar-refractivity contribution in [2.75, 3.05) is 31.5 Å². The van der Waals surface area contributed by atoms with Crippen molar-refractivity contribution in [2.45, 2.75) is 39.3 Å². The zero-order valence-electron chi connectivity index (χ0n) is 23.3. The van der Waals surface area contributed by atoms with Gasteiger partial charge in [0.25, 0.3) is 12.3 Å². The number of hydrogen-bond donors (Lipinski definition) is 2. The Morgan fingerprint density at radius 3 is 2.57 bits per heavy atom. The van der Waals surface area contributed by atoms with Gasteiger partial charge < -0.3 is 20.9 Å². The van der Waals surface area contributed by atoms with Gasteiger partial charge in [-0.2, -0.15) is 5.10 Å². The van der Waals surface area contributed by atoms with Crippen LogP contribution in [0.25, 0.3) is 16.9 Å². The number of amides is 2. The number of carbonyl (C=O) groups is 2. The van der Waals surface area contributed by atoms with Crippen LogP contribution in [0.3, 0.4) is 0 Å². The monoisotopic (exact) mass is 575 g/mol. The summed E-state index contributed by atoms with van der Waals surface area (Å²) < 4.78 is 30.5. The molecule has 13 heteroatoms. The Hall–Kier alpha value is -4.83. The van der Waals surface area contributed by atoms with Crippen LogP contribution in [0.4, 0.5) is 20.3 Å². The molecule has 0 unspecified atom stereocenters. The fourth-order valence-electron chi connectivity index (χ4n) is 5.07. The Morgan fingerprint density at radius 2 is 1.90 bits per heavy atom. The first-order valence-electron chi connectivity index (χ1n) is 13.6. The average Bonchev–Trinajstić information content (AvgIpc) is 3.61. The number of piperazine rings is 1. The molecule has 1 aromatic carbocycles. The van der Waals surface area contributed by atoms with Crippen LogP contribution in [0.1, 0.15) is 41.9 Å². The van der Waals surface area contributed by atoms with Crippen molar-refractivity contribution in [1.29, 1.82) is 0 Å². The highest BCUT2D eigenvalue weighted by molar-refractivity contribution is 5.96. The molecule has 4 aromatic rings. The van der Waals surface area contributed by atoms with Gasteiger partial charge in [0.2, 0.25) is 5.91 Å². The largest absolute Gasteiger partial charge is 0.338 e. The molecule has 3 aromatic heterocycles. The second-order valence-electron chi connectivity index (χ2n) is 10.00. The van der Waals surface area contributed by atoms with Gasteiger partial charge in [0.1, 0.15) is 12.2 Å². The number of imidazole rings is 1. The lowest BCUT2D eigenvalue weighted by molar-refractivity contribution is -0.133. The zero-order valence-corrected chi connectivity index (χ0v) is 23.3. The lowest BCUT2D eigenvalue weighted by Gasteiger charge is -2.35. The van der Waals surface area contributed by atoms with E-state index in [2.05, 4.69) is 26.3 Å². The van der Waals surface area contributed by atoms with Crippen molar-refractivity contribution >= 4 is 29.0 Å². The van der Waals surface area contributed by atoms with Gasteiger partial charge in [-0.15, -0.1) is 6.42 Å². The minimum atomic E-state index is -2.79. The standard InChI is InChI=1S/C29H31F2N9O2/c1-4-9-39-17-22(24(36-39)25(30)31)23-16-34-27-26(33-8-10-40(23)27)35-20-6-7-21(19(5-2)15-20)29(42)38-13-11-37(12-14-38)28(41)18(3)32/h1,6-8,10,15-18,25H,5,9,11-14,32H2,2-3H3,(H,33,35)/t18-/m1/s1. The number of rotatable bonds is 8. The van der Waals surface area contributed by atoms with Crippen molar-refractivity contribution < 1.29 is 18.4 Å². The maximum atomic E-state index is 13.8. The van der Waals surface area contributed by atoms with Crippen LogP contribution < -0.4 is 11.1 Å². The van der Waals surface area contributed by atoms with Crippen molar-refractivity contribution in [2.24, 2.45) is 5.73 Å². The van der Waals surface area contributed by atoms with E-state index in [-0.39, 0.29) is 29.6 Å². The van der Waals surface area contributed by atoms with Crippen molar-refractivity contribution in [3.63, 3.8) is 0 Å². The van der Waals surface area contributed by atoms with Gasteiger partial charge in [0.05, 0.1) is 17.9 Å². The molecule has 2 amide bonds. The second-order valence-corrected chi connectivity index (χ2v) is 10.00. The molecule has 11 nitrogen and oxygen atoms in total. The first kappa shape index (κ1) is 28.7. The number of nitrogens with one attached hydrogen (secondary N) is 1. The van der Waals surface area contributed by atoms with Gasteiger partial charge in [0.15, 0.2) is 11.5 Å². The lowest BCUT2D eigenvalue weighted by Crippen LogP contribution is -2.53. The lowest BCUT2D eigenvalue weighted by atomic mass is 10.0. The Labute approximate surface area is 241 Å². The number of hydrogen-bond acceptors (Lipinski definition) is 7. The van der Waals surface area contributed by atoms with Gasteiger partial charge in [0, 0.05) is 61.6 Å². The number of aromatic nitrogens is 5. The van der Waals surface area contributed by atoms with Crippen LogP contribution in [0.15, 0.2) is 43.0 Å². The number of benzene rings is 1. The van der Waals surface area contributed by atoms with Crippen molar-refractivity contribution in [3.05, 3.63) is 59.8 Å². The third-order valence-electron chi connectivity index (χ3n) is 7.20. The number of nitrogens with two attached hydrogens (primary N) is 1. The molecule has 5 rings (SSSR count). The van der Waals surface area contributed by atoms with Crippen LogP contribution in [0, 0.1) is 12.3 Å². The van der Waals surface area contributed by atoms with E-state index in [9.17, 15) is 18.4 Å². The Bertz CT molecular complexity index is 1660. The van der Waals surface area contributed by atoms with E-state index >= 15 is 0 Å². The number of terminal acetylenes is 1. The second kappa shape index (κ2) is 12.0. The summed E-state index contributed by atoms with van der Waals surface area (Å²) in [6, 6.07) is 4.88. The summed E-state index contributed by atoms with van der Waals surface area (Å²) in [6.07, 6.45) is 9.31. The average molecular weight is 576 g/mol. The minimum Gasteiger partial charge on any atom is -0.338 e. The number of fused-ring (bicyclic) bond motifs is 1. The first-order chi connectivity index (χ1) is 20.2. The highest BCUT2D eigenvalue weighted by Gasteiger charge is 2.27. The molecule has 0 bridgehead atoms. The molecule has 42 heavy (non-hydrogen) atoms. The highest BCUT2D eigenvalue weighted by Crippen LogP contribution is 2.32. The van der Waals surface area contributed by atoms with Gasteiger partial charge in [-0.25, -0.2) is 18.7 Å². The molecule has 4 heterocycles. The molecule has 218 valence electrons. The molecule has 1 fully saturated rings. The molecule has 1 aliphatic rings. The maximum absolute atomic E-state index is 13.8. The minimum absolute atomic E-state index is 0.0620. The number of nitrogens with zero attached hydrogens (tertiary/aromatic N) is 7. The molecule has 3 N–H and O–H groups in total. The van der Waals surface area contributed by atoms with E-state index in [4.69, 9.17) is 12.2 Å². The highest BCUT2D eigenvalue weighted by atomic mass is 19.3. The molecule has 0 spiro atoms. The third kappa shape index (κ3) is 5.53. The smallest absolute Gasteiger partial charge is 0.282 e. The predicted molar refractivity (Wildman–Crippen MR) is 153 cm³/mol. The van der Waals surface area contributed by atoms with E-state index in [1.807, 2.05) is 13.0 Å². The Morgan fingerprint density at radius 1 is 1.17 bits per heavy atom. The van der Waals surface area contributed by atoms with Crippen LogP contribution >= 0.6 is 0 Å². The third-order valence-corrected chi connectivity index (χ3v) is 7.20. The van der Waals surface area contributed by atoms with Gasteiger partial charge in [-0.1, -0.05) is 12.8 Å². The van der Waals surface area contributed by atoms with Gasteiger partial charge >= 0.3 is 0 Å². The van der Waals surface area contributed by atoms with Crippen LogP contribution in [-0.4, -0.2) is 78.0 Å². The normalized spacial score (nSPS) is 14.3. The molecule has 0 aliphatic carbocycles. The van der Waals surface area contributed by atoms with Crippen molar-refractivity contribution in [3.8, 4) is 23.6 Å². The number of carbonyl (C=O) groups excluding carboxylic acids is 2. The SMILES string of the molecule is C#CCn1cc(-c2cnc3c(Nc4ccc(C(=O)N5CCN(C(=O)[C@@H](C)N)CC5)c(CC)c4)nccn23)c(C(F)F)n1. The molecule has 1 atom stereocenters. The summed E-state index contributed by atoms with van der Waals surface area (Å²) >= 11 is 0. The fraction of sp³-hybridized carbons (Fsp3) is 0.345.